The Hall–Kier alpha value is -5.66. The molecular weight excluding hydrogens is 807 g/mol. The molecule has 0 spiro atoms. The first kappa shape index (κ1) is 45.1. The fraction of sp³-hybridized carbons (Fsp3) is 0.364. The van der Waals surface area contributed by atoms with Crippen molar-refractivity contribution in [2.75, 3.05) is 4.90 Å². The van der Waals surface area contributed by atoms with Crippen LogP contribution in [-0.2, 0) is 16.2 Å². The number of rotatable bonds is 8. The van der Waals surface area contributed by atoms with Gasteiger partial charge in [0, 0.05) is 22.5 Å². The van der Waals surface area contributed by atoms with Gasteiger partial charge in [-0.2, -0.15) is 0 Å². The third-order valence-electron chi connectivity index (χ3n) is 16.1. The Morgan fingerprint density at radius 2 is 0.866 bits per heavy atom. The van der Waals surface area contributed by atoms with Crippen molar-refractivity contribution in [1.29, 1.82) is 0 Å². The lowest BCUT2D eigenvalue weighted by Crippen LogP contribution is -2.17. The Kier molecular flexibility index (Phi) is 12.0. The van der Waals surface area contributed by atoms with E-state index in [1.54, 1.807) is 11.1 Å². The molecule has 10 rings (SSSR count). The zero-order chi connectivity index (χ0) is 46.7. The van der Waals surface area contributed by atoms with Gasteiger partial charge in [-0.05, 0) is 175 Å². The van der Waals surface area contributed by atoms with Crippen molar-refractivity contribution in [3.63, 3.8) is 0 Å². The van der Waals surface area contributed by atoms with Gasteiger partial charge in [0.2, 0.25) is 0 Å². The second kappa shape index (κ2) is 17.8. The number of hydrogen-bond acceptors (Lipinski definition) is 1. The zero-order valence-corrected chi connectivity index (χ0v) is 42.0. The molecule has 3 aliphatic carbocycles. The van der Waals surface area contributed by atoms with Crippen LogP contribution in [-0.4, -0.2) is 0 Å². The summed E-state index contributed by atoms with van der Waals surface area (Å²) in [5, 5.41) is 0. The van der Waals surface area contributed by atoms with Crippen LogP contribution in [0.3, 0.4) is 0 Å². The first-order valence-corrected chi connectivity index (χ1v) is 25.8. The highest BCUT2D eigenvalue weighted by molar-refractivity contribution is 5.87. The summed E-state index contributed by atoms with van der Waals surface area (Å²) >= 11 is 0. The fourth-order valence-corrected chi connectivity index (χ4v) is 11.9. The van der Waals surface area contributed by atoms with Gasteiger partial charge >= 0.3 is 0 Å². The highest BCUT2D eigenvalue weighted by atomic mass is 15.1. The van der Waals surface area contributed by atoms with Crippen molar-refractivity contribution < 1.29 is 0 Å². The molecule has 0 saturated heterocycles. The van der Waals surface area contributed by atoms with E-state index in [0.717, 1.165) is 5.69 Å². The number of aryl methyl sites for hydroxylation is 1. The minimum Gasteiger partial charge on any atom is -0.310 e. The van der Waals surface area contributed by atoms with Crippen LogP contribution in [0.15, 0.2) is 146 Å². The molecule has 0 heterocycles. The number of nitrogens with zero attached hydrogens (tertiary/aromatic N) is 1. The molecule has 0 N–H and O–H groups in total. The molecule has 3 aliphatic rings. The first-order chi connectivity index (χ1) is 32.1. The molecule has 2 saturated carbocycles. The van der Waals surface area contributed by atoms with Gasteiger partial charge in [-0.25, -0.2) is 0 Å². The summed E-state index contributed by atoms with van der Waals surface area (Å²) in [6, 6.07) is 56.9. The molecule has 0 bridgehead atoms. The normalized spacial score (nSPS) is 16.4. The maximum atomic E-state index is 2.61. The SMILES string of the molecule is Cc1cc(N(c2ccc(-c3cc(C(C)(C)C)cc(C(C)(C)C)c3)cc2)c2ccc3c(c2)C(C)(C)c2ccccc2-3)ccc1-c1ccc(-c2cc(C3CCCCC3)cc(C3CCCCC3)c2)cc1. The Bertz CT molecular complexity index is 2830. The molecule has 0 atom stereocenters. The highest BCUT2D eigenvalue weighted by Crippen LogP contribution is 2.51. The van der Waals surface area contributed by atoms with Gasteiger partial charge in [0.05, 0.1) is 0 Å². The van der Waals surface area contributed by atoms with Crippen LogP contribution in [0.25, 0.3) is 44.5 Å². The first-order valence-electron chi connectivity index (χ1n) is 25.8. The van der Waals surface area contributed by atoms with Crippen molar-refractivity contribution in [3.05, 3.63) is 185 Å². The van der Waals surface area contributed by atoms with Crippen LogP contribution < -0.4 is 4.90 Å². The van der Waals surface area contributed by atoms with Gasteiger partial charge in [-0.15, -0.1) is 0 Å². The van der Waals surface area contributed by atoms with Gasteiger partial charge < -0.3 is 4.90 Å². The Labute approximate surface area is 403 Å². The lowest BCUT2D eigenvalue weighted by Gasteiger charge is -2.29. The Balaban J connectivity index is 1.01. The molecule has 2 fully saturated rings. The van der Waals surface area contributed by atoms with E-state index in [9.17, 15) is 0 Å². The average molecular weight is 880 g/mol. The van der Waals surface area contributed by atoms with Crippen LogP contribution in [0.4, 0.5) is 17.1 Å². The van der Waals surface area contributed by atoms with Gasteiger partial charge in [-0.3, -0.25) is 0 Å². The van der Waals surface area contributed by atoms with E-state index in [1.807, 2.05) is 0 Å². The van der Waals surface area contributed by atoms with E-state index in [-0.39, 0.29) is 16.2 Å². The van der Waals surface area contributed by atoms with Crippen molar-refractivity contribution in [1.82, 2.24) is 0 Å². The van der Waals surface area contributed by atoms with E-state index < -0.39 is 0 Å². The summed E-state index contributed by atoms with van der Waals surface area (Å²) in [6.45, 7) is 21.0. The molecule has 0 aliphatic heterocycles. The van der Waals surface area contributed by atoms with Crippen LogP contribution >= 0.6 is 0 Å². The highest BCUT2D eigenvalue weighted by Gasteiger charge is 2.36. The molecule has 1 heteroatoms. The summed E-state index contributed by atoms with van der Waals surface area (Å²) in [5.74, 6) is 1.42. The monoisotopic (exact) mass is 880 g/mol. The molecule has 1 nitrogen and oxygen atoms in total. The summed E-state index contributed by atoms with van der Waals surface area (Å²) in [4.78, 5) is 2.47. The van der Waals surface area contributed by atoms with Crippen LogP contribution in [0, 0.1) is 6.92 Å². The van der Waals surface area contributed by atoms with Crippen molar-refractivity contribution in [3.8, 4) is 44.5 Å². The number of fused-ring (bicyclic) bond motifs is 3. The van der Waals surface area contributed by atoms with Crippen molar-refractivity contribution >= 4 is 17.1 Å². The predicted molar refractivity (Wildman–Crippen MR) is 289 cm³/mol. The standard InChI is InChI=1S/C66H73N/c1-44-36-57(32-34-59(44)49-26-24-47(25-27-49)52-38-50(45-18-12-10-13-19-45)37-51(39-52)46-20-14-11-15-21-46)67(58-33-35-61-60-22-16-17-23-62(60)66(8,9)63(61)43-58)56-30-28-48(29-31-56)53-40-54(64(2,3)4)42-55(41-53)65(5,6)7/h16-17,22-43,45-46H,10-15,18-21H2,1-9H3. The summed E-state index contributed by atoms with van der Waals surface area (Å²) in [7, 11) is 0. The second-order valence-corrected chi connectivity index (χ2v) is 23.2. The third kappa shape index (κ3) is 8.97. The molecule has 67 heavy (non-hydrogen) atoms. The lowest BCUT2D eigenvalue weighted by atomic mass is 9.78. The molecule has 7 aromatic rings. The van der Waals surface area contributed by atoms with Crippen molar-refractivity contribution in [2.24, 2.45) is 0 Å². The maximum Gasteiger partial charge on any atom is 0.0465 e. The van der Waals surface area contributed by atoms with Gasteiger partial charge in [0.25, 0.3) is 0 Å². The van der Waals surface area contributed by atoms with E-state index in [2.05, 4.69) is 213 Å². The zero-order valence-electron chi connectivity index (χ0n) is 42.0. The fourth-order valence-electron chi connectivity index (χ4n) is 11.9. The van der Waals surface area contributed by atoms with Crippen molar-refractivity contribution in [2.45, 2.75) is 155 Å². The lowest BCUT2D eigenvalue weighted by molar-refractivity contribution is 0.435. The topological polar surface area (TPSA) is 3.24 Å². The molecule has 342 valence electrons. The molecule has 0 radical (unpaired) electrons. The maximum absolute atomic E-state index is 2.61. The van der Waals surface area contributed by atoms with E-state index in [1.165, 1.54) is 148 Å². The predicted octanol–water partition coefficient (Wildman–Crippen LogP) is 19.5. The van der Waals surface area contributed by atoms with Gasteiger partial charge in [-0.1, -0.05) is 203 Å². The summed E-state index contributed by atoms with van der Waals surface area (Å²) < 4.78 is 0. The average Bonchev–Trinajstić information content (AvgIpc) is 3.56. The minimum atomic E-state index is -0.0964. The molecule has 0 amide bonds. The molecule has 0 aromatic heterocycles. The summed E-state index contributed by atoms with van der Waals surface area (Å²) in [6.07, 6.45) is 13.6. The quantitative estimate of drug-likeness (QED) is 0.147. The Morgan fingerprint density at radius 3 is 1.42 bits per heavy atom. The van der Waals surface area contributed by atoms with E-state index in [4.69, 9.17) is 0 Å². The number of hydrogen-bond donors (Lipinski definition) is 0. The number of anilines is 3. The third-order valence-corrected chi connectivity index (χ3v) is 16.1. The minimum absolute atomic E-state index is 0.0537. The smallest absolute Gasteiger partial charge is 0.0465 e. The molecule has 7 aromatic carbocycles. The molecular formula is C66H73N. The summed E-state index contributed by atoms with van der Waals surface area (Å²) in [5.41, 5.74) is 24.0. The van der Waals surface area contributed by atoms with Crippen LogP contribution in [0.2, 0.25) is 0 Å². The second-order valence-electron chi connectivity index (χ2n) is 23.2. The van der Waals surface area contributed by atoms with E-state index in [0.29, 0.717) is 11.8 Å². The van der Waals surface area contributed by atoms with Crippen LogP contribution in [0.5, 0.6) is 0 Å². The largest absolute Gasteiger partial charge is 0.310 e. The van der Waals surface area contributed by atoms with Gasteiger partial charge in [0.15, 0.2) is 0 Å². The Morgan fingerprint density at radius 1 is 0.403 bits per heavy atom. The molecule has 0 unspecified atom stereocenters. The van der Waals surface area contributed by atoms with E-state index >= 15 is 0 Å². The van der Waals surface area contributed by atoms with Crippen LogP contribution in [0.1, 0.15) is 170 Å². The van der Waals surface area contributed by atoms with Gasteiger partial charge in [0.1, 0.15) is 0 Å². The number of benzene rings is 7.